The van der Waals surface area contributed by atoms with Gasteiger partial charge in [0.2, 0.25) is 0 Å². The SMILES string of the molecule is C/C(=N/NC(=O)COc1ccc(Cl)cc1)c1ccc(C(=O)O)s1. The third-order valence-electron chi connectivity index (χ3n) is 2.71. The predicted octanol–water partition coefficient (Wildman–Crippen LogP) is 3.02. The van der Waals surface area contributed by atoms with E-state index in [4.69, 9.17) is 21.4 Å². The van der Waals surface area contributed by atoms with Crippen LogP contribution in [0.5, 0.6) is 5.75 Å². The first kappa shape index (κ1) is 17.0. The van der Waals surface area contributed by atoms with E-state index in [9.17, 15) is 9.59 Å². The molecule has 2 aromatic rings. The van der Waals surface area contributed by atoms with Crippen LogP contribution in [0.15, 0.2) is 41.5 Å². The maximum absolute atomic E-state index is 11.7. The zero-order valence-corrected chi connectivity index (χ0v) is 13.6. The van der Waals surface area contributed by atoms with E-state index in [1.807, 2.05) is 0 Å². The number of nitrogens with zero attached hydrogens (tertiary/aromatic N) is 1. The zero-order chi connectivity index (χ0) is 16.8. The van der Waals surface area contributed by atoms with Gasteiger partial charge >= 0.3 is 5.97 Å². The van der Waals surface area contributed by atoms with E-state index < -0.39 is 11.9 Å². The Bertz CT molecular complexity index is 740. The summed E-state index contributed by atoms with van der Waals surface area (Å²) in [5.41, 5.74) is 2.87. The number of amides is 1. The van der Waals surface area contributed by atoms with E-state index >= 15 is 0 Å². The molecule has 0 radical (unpaired) electrons. The monoisotopic (exact) mass is 352 g/mol. The number of carbonyl (C=O) groups is 2. The molecule has 8 heteroatoms. The topological polar surface area (TPSA) is 88.0 Å². The summed E-state index contributed by atoms with van der Waals surface area (Å²) in [4.78, 5) is 23.4. The molecule has 1 aromatic heterocycles. The number of carboxylic acids is 1. The molecule has 1 aromatic carbocycles. The summed E-state index contributed by atoms with van der Waals surface area (Å²) in [6, 6.07) is 9.77. The molecule has 0 bridgehead atoms. The number of halogens is 1. The van der Waals surface area contributed by atoms with Crippen LogP contribution in [0.3, 0.4) is 0 Å². The molecule has 6 nitrogen and oxygen atoms in total. The molecule has 120 valence electrons. The van der Waals surface area contributed by atoms with E-state index in [1.54, 1.807) is 37.3 Å². The van der Waals surface area contributed by atoms with Crippen molar-refractivity contribution < 1.29 is 19.4 Å². The van der Waals surface area contributed by atoms with E-state index in [-0.39, 0.29) is 11.5 Å². The molecule has 2 N–H and O–H groups in total. The molecule has 1 heterocycles. The highest BCUT2D eigenvalue weighted by Gasteiger charge is 2.09. The lowest BCUT2D eigenvalue weighted by Gasteiger charge is -2.05. The highest BCUT2D eigenvalue weighted by Crippen LogP contribution is 2.17. The Labute approximate surface area is 141 Å². The van der Waals surface area contributed by atoms with Gasteiger partial charge in [-0.3, -0.25) is 4.79 Å². The highest BCUT2D eigenvalue weighted by molar-refractivity contribution is 7.15. The fourth-order valence-electron chi connectivity index (χ4n) is 1.56. The molecule has 2 rings (SSSR count). The van der Waals surface area contributed by atoms with Crippen molar-refractivity contribution in [2.75, 3.05) is 6.61 Å². The molecule has 0 atom stereocenters. The van der Waals surface area contributed by atoms with Crippen LogP contribution < -0.4 is 10.2 Å². The minimum absolute atomic E-state index is 0.191. The smallest absolute Gasteiger partial charge is 0.345 e. The van der Waals surface area contributed by atoms with Crippen molar-refractivity contribution >= 4 is 40.5 Å². The summed E-state index contributed by atoms with van der Waals surface area (Å²) in [6.07, 6.45) is 0. The number of benzene rings is 1. The number of carboxylic acid groups (broad SMARTS) is 1. The number of hydrogen-bond donors (Lipinski definition) is 2. The Balaban J connectivity index is 1.86. The van der Waals surface area contributed by atoms with Crippen molar-refractivity contribution in [1.82, 2.24) is 5.43 Å². The number of hydrogen-bond acceptors (Lipinski definition) is 5. The van der Waals surface area contributed by atoms with Gasteiger partial charge in [0, 0.05) is 5.02 Å². The van der Waals surface area contributed by atoms with Gasteiger partial charge in [-0.1, -0.05) is 11.6 Å². The second kappa shape index (κ2) is 7.75. The summed E-state index contributed by atoms with van der Waals surface area (Å²) in [6.45, 7) is 1.49. The van der Waals surface area contributed by atoms with Crippen molar-refractivity contribution in [2.45, 2.75) is 6.92 Å². The van der Waals surface area contributed by atoms with Gasteiger partial charge in [0.1, 0.15) is 10.6 Å². The quantitative estimate of drug-likeness (QED) is 0.618. The van der Waals surface area contributed by atoms with E-state index in [2.05, 4.69) is 10.5 Å². The summed E-state index contributed by atoms with van der Waals surface area (Å²) in [5, 5.41) is 13.4. The lowest BCUT2D eigenvalue weighted by Crippen LogP contribution is -2.25. The van der Waals surface area contributed by atoms with E-state index in [1.165, 1.54) is 6.07 Å². The van der Waals surface area contributed by atoms with Gasteiger partial charge in [-0.2, -0.15) is 5.10 Å². The predicted molar refractivity (Wildman–Crippen MR) is 88.6 cm³/mol. The number of thiophene rings is 1. The van der Waals surface area contributed by atoms with Crippen LogP contribution >= 0.6 is 22.9 Å². The molecule has 0 aliphatic carbocycles. The van der Waals surface area contributed by atoms with Gasteiger partial charge < -0.3 is 9.84 Å². The fraction of sp³-hybridized carbons (Fsp3) is 0.133. The van der Waals surface area contributed by atoms with Crippen LogP contribution in [0.2, 0.25) is 5.02 Å². The van der Waals surface area contributed by atoms with Gasteiger partial charge in [-0.05, 0) is 43.3 Å². The Morgan fingerprint density at radius 3 is 2.48 bits per heavy atom. The Morgan fingerprint density at radius 2 is 1.87 bits per heavy atom. The van der Waals surface area contributed by atoms with E-state index in [0.717, 1.165) is 11.3 Å². The highest BCUT2D eigenvalue weighted by atomic mass is 35.5. The van der Waals surface area contributed by atoms with Gasteiger partial charge in [-0.15, -0.1) is 11.3 Å². The number of ether oxygens (including phenoxy) is 1. The largest absolute Gasteiger partial charge is 0.484 e. The van der Waals surface area contributed by atoms with Crippen molar-refractivity contribution in [1.29, 1.82) is 0 Å². The van der Waals surface area contributed by atoms with Crippen molar-refractivity contribution in [3.63, 3.8) is 0 Å². The minimum atomic E-state index is -0.991. The Kier molecular flexibility index (Phi) is 5.72. The van der Waals surface area contributed by atoms with Crippen molar-refractivity contribution in [3.8, 4) is 5.75 Å². The number of nitrogens with one attached hydrogen (secondary N) is 1. The maximum atomic E-state index is 11.7. The second-order valence-electron chi connectivity index (χ2n) is 4.44. The van der Waals surface area contributed by atoms with Crippen molar-refractivity contribution in [2.24, 2.45) is 5.10 Å². The lowest BCUT2D eigenvalue weighted by molar-refractivity contribution is -0.123. The molecule has 23 heavy (non-hydrogen) atoms. The summed E-state index contributed by atoms with van der Waals surface area (Å²) < 4.78 is 5.28. The van der Waals surface area contributed by atoms with Gasteiger partial charge in [0.15, 0.2) is 6.61 Å². The molecule has 0 aliphatic heterocycles. The van der Waals surface area contributed by atoms with Gasteiger partial charge in [-0.25, -0.2) is 10.2 Å². The number of aromatic carboxylic acids is 1. The molecular weight excluding hydrogens is 340 g/mol. The Morgan fingerprint density at radius 1 is 1.22 bits per heavy atom. The number of hydrazone groups is 1. The fourth-order valence-corrected chi connectivity index (χ4v) is 2.48. The van der Waals surface area contributed by atoms with E-state index in [0.29, 0.717) is 21.4 Å². The van der Waals surface area contributed by atoms with Crippen LogP contribution in [0.4, 0.5) is 0 Å². The van der Waals surface area contributed by atoms with Crippen LogP contribution in [-0.2, 0) is 4.79 Å². The second-order valence-corrected chi connectivity index (χ2v) is 5.96. The first-order valence-electron chi connectivity index (χ1n) is 6.50. The van der Waals surface area contributed by atoms with Gasteiger partial charge in [0.25, 0.3) is 5.91 Å². The Hall–Kier alpha value is -2.38. The first-order valence-corrected chi connectivity index (χ1v) is 7.70. The first-order chi connectivity index (χ1) is 11.0. The van der Waals surface area contributed by atoms with Crippen molar-refractivity contribution in [3.05, 3.63) is 51.2 Å². The van der Waals surface area contributed by atoms with Crippen LogP contribution in [-0.4, -0.2) is 29.3 Å². The van der Waals surface area contributed by atoms with Crippen LogP contribution in [0, 0.1) is 0 Å². The molecular formula is C15H13ClN2O4S. The summed E-state index contributed by atoms with van der Waals surface area (Å²) in [7, 11) is 0. The molecule has 0 aliphatic rings. The summed E-state index contributed by atoms with van der Waals surface area (Å²) in [5.74, 6) is -0.890. The molecule has 0 saturated carbocycles. The lowest BCUT2D eigenvalue weighted by atomic mass is 10.3. The average molecular weight is 353 g/mol. The molecule has 1 amide bonds. The normalized spacial score (nSPS) is 11.1. The molecule has 0 spiro atoms. The minimum Gasteiger partial charge on any atom is -0.484 e. The molecule has 0 fully saturated rings. The van der Waals surface area contributed by atoms with Crippen LogP contribution in [0.1, 0.15) is 21.5 Å². The third kappa shape index (κ3) is 5.08. The summed E-state index contributed by atoms with van der Waals surface area (Å²) >= 11 is 6.84. The zero-order valence-electron chi connectivity index (χ0n) is 12.1. The molecule has 0 unspecified atom stereocenters. The molecule has 0 saturated heterocycles. The average Bonchev–Trinajstić information content (AvgIpc) is 3.02. The van der Waals surface area contributed by atoms with Gasteiger partial charge in [0.05, 0.1) is 10.6 Å². The standard InChI is InChI=1S/C15H13ClN2O4S/c1-9(12-6-7-13(23-12)15(20)21)17-18-14(19)8-22-11-4-2-10(16)3-5-11/h2-7H,8H2,1H3,(H,18,19)(H,20,21)/b17-9-. The maximum Gasteiger partial charge on any atom is 0.345 e. The third-order valence-corrected chi connectivity index (χ3v) is 4.14. The number of carbonyl (C=O) groups excluding carboxylic acids is 1. The van der Waals surface area contributed by atoms with Crippen LogP contribution in [0.25, 0.3) is 0 Å². The number of rotatable bonds is 6.